The normalized spacial score (nSPS) is 18.2. The molecule has 2 amide bonds. The summed E-state index contributed by atoms with van der Waals surface area (Å²) in [5, 5.41) is 12.8. The monoisotopic (exact) mass is 628 g/mol. The third kappa shape index (κ3) is 7.55. The van der Waals surface area contributed by atoms with Crippen LogP contribution in [0.15, 0.2) is 40.4 Å². The number of hydrogen-bond donors (Lipinski definition) is 2. The molecule has 3 heterocycles. The molecule has 1 aliphatic rings. The predicted molar refractivity (Wildman–Crippen MR) is 166 cm³/mol. The molecule has 1 aliphatic heterocycles. The van der Waals surface area contributed by atoms with Crippen molar-refractivity contribution in [3.8, 4) is 10.4 Å². The van der Waals surface area contributed by atoms with Gasteiger partial charge in [0.15, 0.2) is 0 Å². The number of likely N-dealkylation sites (tertiary alicyclic amines) is 1. The minimum atomic E-state index is -1.31. The average Bonchev–Trinajstić information content (AvgIpc) is 3.74. The molecular formula is C32H44N4O7S. The lowest BCUT2D eigenvalue weighted by molar-refractivity contribution is -0.148. The minimum absolute atomic E-state index is 0.0353. The maximum absolute atomic E-state index is 14.4. The quantitative estimate of drug-likeness (QED) is 0.213. The van der Waals surface area contributed by atoms with Crippen molar-refractivity contribution in [2.24, 2.45) is 11.7 Å². The summed E-state index contributed by atoms with van der Waals surface area (Å²) in [6.07, 6.45) is 1.04. The van der Waals surface area contributed by atoms with E-state index in [-0.39, 0.29) is 38.3 Å². The Morgan fingerprint density at radius 2 is 1.77 bits per heavy atom. The van der Waals surface area contributed by atoms with E-state index in [1.165, 1.54) is 0 Å². The number of primary amides is 1. The molecule has 240 valence electrons. The van der Waals surface area contributed by atoms with E-state index in [9.17, 15) is 9.59 Å². The lowest BCUT2D eigenvalue weighted by atomic mass is 9.75. The first kappa shape index (κ1) is 33.7. The topological polar surface area (TPSA) is 150 Å². The molecule has 0 aliphatic carbocycles. The SMILES string of the molecule is Cc1cc(C(C(=O)N2CCCC2(C(N)=O)[C@H](COCCOCCOCCO)c2ccc(-c3scnc3C)cc2)C(C)C)on1. The van der Waals surface area contributed by atoms with Crippen molar-refractivity contribution < 1.29 is 33.4 Å². The van der Waals surface area contributed by atoms with E-state index in [0.29, 0.717) is 50.7 Å². The summed E-state index contributed by atoms with van der Waals surface area (Å²) < 4.78 is 22.5. The number of nitrogens with two attached hydrogens (primary N) is 1. The largest absolute Gasteiger partial charge is 0.394 e. The number of aromatic nitrogens is 2. The first-order chi connectivity index (χ1) is 21.2. The second-order valence-corrected chi connectivity index (χ2v) is 12.3. The number of benzene rings is 1. The Hall–Kier alpha value is -3.16. The molecular weight excluding hydrogens is 584 g/mol. The van der Waals surface area contributed by atoms with Crippen molar-refractivity contribution >= 4 is 23.2 Å². The minimum Gasteiger partial charge on any atom is -0.394 e. The van der Waals surface area contributed by atoms with Crippen LogP contribution in [0.2, 0.25) is 0 Å². The van der Waals surface area contributed by atoms with Crippen LogP contribution < -0.4 is 5.73 Å². The van der Waals surface area contributed by atoms with Gasteiger partial charge in [-0.25, -0.2) is 4.98 Å². The van der Waals surface area contributed by atoms with Gasteiger partial charge in [0, 0.05) is 18.5 Å². The highest BCUT2D eigenvalue weighted by Crippen LogP contribution is 2.45. The predicted octanol–water partition coefficient (Wildman–Crippen LogP) is 3.83. The van der Waals surface area contributed by atoms with Crippen LogP contribution in [0.1, 0.15) is 61.2 Å². The highest BCUT2D eigenvalue weighted by Gasteiger charge is 2.55. The molecule has 1 fully saturated rings. The Morgan fingerprint density at radius 3 is 2.34 bits per heavy atom. The van der Waals surface area contributed by atoms with E-state index < -0.39 is 23.3 Å². The molecule has 12 heteroatoms. The Balaban J connectivity index is 1.63. The third-order valence-electron chi connectivity index (χ3n) is 8.16. The van der Waals surface area contributed by atoms with Gasteiger partial charge in [0.25, 0.3) is 0 Å². The van der Waals surface area contributed by atoms with Crippen molar-refractivity contribution in [3.05, 3.63) is 58.6 Å². The average molecular weight is 629 g/mol. The number of thiazole rings is 1. The lowest BCUT2D eigenvalue weighted by Gasteiger charge is -2.43. The molecule has 3 N–H and O–H groups in total. The van der Waals surface area contributed by atoms with Gasteiger partial charge in [0.1, 0.15) is 17.2 Å². The van der Waals surface area contributed by atoms with Gasteiger partial charge in [0.2, 0.25) is 11.8 Å². The van der Waals surface area contributed by atoms with Gasteiger partial charge >= 0.3 is 0 Å². The summed E-state index contributed by atoms with van der Waals surface area (Å²) in [4.78, 5) is 35.1. The number of carbonyl (C=O) groups excluding carboxylic acids is 2. The maximum atomic E-state index is 14.4. The summed E-state index contributed by atoms with van der Waals surface area (Å²) in [7, 11) is 0. The van der Waals surface area contributed by atoms with E-state index in [1.54, 1.807) is 22.3 Å². The number of amides is 2. The van der Waals surface area contributed by atoms with Crippen LogP contribution in [0.4, 0.5) is 0 Å². The van der Waals surface area contributed by atoms with Crippen molar-refractivity contribution in [3.63, 3.8) is 0 Å². The van der Waals surface area contributed by atoms with Crippen LogP contribution >= 0.6 is 11.3 Å². The number of carbonyl (C=O) groups is 2. The smallest absolute Gasteiger partial charge is 0.244 e. The molecule has 0 saturated carbocycles. The van der Waals surface area contributed by atoms with E-state index in [2.05, 4.69) is 10.1 Å². The van der Waals surface area contributed by atoms with Gasteiger partial charge in [-0.1, -0.05) is 43.3 Å². The molecule has 44 heavy (non-hydrogen) atoms. The maximum Gasteiger partial charge on any atom is 0.244 e. The molecule has 0 bridgehead atoms. The second-order valence-electron chi connectivity index (χ2n) is 11.4. The summed E-state index contributed by atoms with van der Waals surface area (Å²) in [6.45, 7) is 9.83. The van der Waals surface area contributed by atoms with E-state index >= 15 is 0 Å². The fourth-order valence-corrected chi connectivity index (χ4v) is 6.84. The molecule has 3 aromatic rings. The number of nitrogens with zero attached hydrogens (tertiary/aromatic N) is 3. The van der Waals surface area contributed by atoms with Crippen LogP contribution in [0.5, 0.6) is 0 Å². The second kappa shape index (κ2) is 15.7. The fourth-order valence-electron chi connectivity index (χ4n) is 6.03. The molecule has 2 unspecified atom stereocenters. The number of aliphatic hydroxyl groups excluding tert-OH is 1. The van der Waals surface area contributed by atoms with Gasteiger partial charge in [-0.05, 0) is 43.7 Å². The zero-order valence-corrected chi connectivity index (χ0v) is 26.8. The van der Waals surface area contributed by atoms with E-state index in [1.807, 2.05) is 57.5 Å². The summed E-state index contributed by atoms with van der Waals surface area (Å²) in [5.41, 5.74) is 10.3. The Morgan fingerprint density at radius 1 is 1.09 bits per heavy atom. The Bertz CT molecular complexity index is 1360. The van der Waals surface area contributed by atoms with Crippen molar-refractivity contribution in [2.45, 2.75) is 57.9 Å². The molecule has 1 aromatic carbocycles. The first-order valence-corrected chi connectivity index (χ1v) is 16.0. The van der Waals surface area contributed by atoms with Gasteiger partial charge in [0.05, 0.1) is 68.0 Å². The fraction of sp³-hybridized carbons (Fsp3) is 0.562. The molecule has 3 atom stereocenters. The van der Waals surface area contributed by atoms with Gasteiger partial charge in [-0.15, -0.1) is 11.3 Å². The summed E-state index contributed by atoms with van der Waals surface area (Å²) >= 11 is 1.57. The standard InChI is InChI=1S/C32H44N4O7S/c1-21(2)28(27-18-22(3)35-43-27)30(38)36-11-5-10-32(36,31(33)39)26(19-42-17-16-41-15-14-40-13-12-37)24-6-8-25(9-7-24)29-23(4)34-20-44-29/h6-9,18,20-21,26,28,37H,5,10-17,19H2,1-4H3,(H2,33,39)/t26-,28?,32?/m1/s1. The van der Waals surface area contributed by atoms with Crippen molar-refractivity contribution in [1.82, 2.24) is 15.0 Å². The van der Waals surface area contributed by atoms with Gasteiger partial charge < -0.3 is 34.5 Å². The number of aliphatic hydroxyl groups is 1. The third-order valence-corrected chi connectivity index (χ3v) is 9.14. The van der Waals surface area contributed by atoms with Gasteiger partial charge in [-0.3, -0.25) is 9.59 Å². The van der Waals surface area contributed by atoms with Crippen LogP contribution in [-0.4, -0.2) is 90.3 Å². The van der Waals surface area contributed by atoms with Crippen LogP contribution in [0, 0.1) is 19.8 Å². The summed E-state index contributed by atoms with van der Waals surface area (Å²) in [6, 6.07) is 9.79. The Labute approximate surface area is 262 Å². The zero-order valence-electron chi connectivity index (χ0n) is 26.0. The Kier molecular flexibility index (Phi) is 12.0. The van der Waals surface area contributed by atoms with Crippen LogP contribution in [0.3, 0.4) is 0 Å². The summed E-state index contributed by atoms with van der Waals surface area (Å²) in [5.74, 6) is -1.54. The number of aryl methyl sites for hydroxylation is 2. The molecule has 4 rings (SSSR count). The molecule has 0 radical (unpaired) electrons. The van der Waals surface area contributed by atoms with Crippen LogP contribution in [0.25, 0.3) is 10.4 Å². The van der Waals surface area contributed by atoms with Gasteiger partial charge in [-0.2, -0.15) is 0 Å². The highest BCUT2D eigenvalue weighted by molar-refractivity contribution is 7.13. The molecule has 2 aromatic heterocycles. The first-order valence-electron chi connectivity index (χ1n) is 15.1. The molecule has 1 saturated heterocycles. The van der Waals surface area contributed by atoms with E-state index in [0.717, 1.165) is 21.7 Å². The van der Waals surface area contributed by atoms with Crippen LogP contribution in [-0.2, 0) is 23.8 Å². The molecule has 11 nitrogen and oxygen atoms in total. The highest BCUT2D eigenvalue weighted by atomic mass is 32.1. The number of ether oxygens (including phenoxy) is 3. The van der Waals surface area contributed by atoms with Crippen molar-refractivity contribution in [1.29, 1.82) is 0 Å². The van der Waals surface area contributed by atoms with E-state index in [4.69, 9.17) is 29.6 Å². The lowest BCUT2D eigenvalue weighted by Crippen LogP contribution is -2.61. The number of hydrogen-bond acceptors (Lipinski definition) is 10. The molecule has 0 spiro atoms. The number of rotatable bonds is 17. The van der Waals surface area contributed by atoms with Crippen molar-refractivity contribution in [2.75, 3.05) is 52.8 Å². The zero-order chi connectivity index (χ0) is 31.7.